The van der Waals surface area contributed by atoms with Gasteiger partial charge in [0.2, 0.25) is 5.91 Å². The number of nitrogens with one attached hydrogen (secondary N) is 4. The number of aliphatic hydroxyl groups excluding tert-OH is 1. The summed E-state index contributed by atoms with van der Waals surface area (Å²) < 4.78 is 0. The Morgan fingerprint density at radius 2 is 1.60 bits per heavy atom. The average Bonchev–Trinajstić information content (AvgIpc) is 2.94. The van der Waals surface area contributed by atoms with Crippen LogP contribution in [0.25, 0.3) is 0 Å². The number of fused-ring (bicyclic) bond motifs is 2. The van der Waals surface area contributed by atoms with Gasteiger partial charge in [0.25, 0.3) is 11.8 Å². The largest absolute Gasteiger partial charge is 0.391 e. The van der Waals surface area contributed by atoms with E-state index in [4.69, 9.17) is 5.21 Å². The highest BCUT2D eigenvalue weighted by Gasteiger charge is 2.56. The van der Waals surface area contributed by atoms with E-state index in [-0.39, 0.29) is 11.5 Å². The summed E-state index contributed by atoms with van der Waals surface area (Å²) >= 11 is 0. The van der Waals surface area contributed by atoms with Crippen LogP contribution in [0, 0.1) is 35.0 Å². The molecule has 0 heterocycles. The van der Waals surface area contributed by atoms with Crippen LogP contribution < -0.4 is 21.4 Å². The molecule has 0 unspecified atom stereocenters. The number of hydroxylamine groups is 1. The molecule has 3 saturated carbocycles. The Kier molecular flexibility index (Phi) is 8.94. The third kappa shape index (κ3) is 6.53. The highest BCUT2D eigenvalue weighted by Crippen LogP contribution is 2.61. The molecule has 0 spiro atoms. The first kappa shape index (κ1) is 29.3. The van der Waals surface area contributed by atoms with Crippen molar-refractivity contribution in [2.75, 3.05) is 11.9 Å². The minimum absolute atomic E-state index is 0.0644. The van der Waals surface area contributed by atoms with E-state index in [0.29, 0.717) is 35.2 Å². The maximum absolute atomic E-state index is 12.5. The Bertz CT molecular complexity index is 1290. The summed E-state index contributed by atoms with van der Waals surface area (Å²) in [4.78, 5) is 36.5. The van der Waals surface area contributed by atoms with Crippen molar-refractivity contribution in [1.82, 2.24) is 16.1 Å². The molecule has 212 valence electrons. The van der Waals surface area contributed by atoms with Crippen molar-refractivity contribution in [2.24, 2.45) is 23.2 Å². The number of hydrogen-bond acceptors (Lipinski definition) is 6. The molecule has 3 aliphatic carbocycles. The zero-order valence-electron chi connectivity index (χ0n) is 23.3. The maximum Gasteiger partial charge on any atom is 0.268 e. The van der Waals surface area contributed by atoms with Gasteiger partial charge in [-0.1, -0.05) is 32.6 Å². The van der Waals surface area contributed by atoms with Gasteiger partial charge in [0.05, 0.1) is 12.6 Å². The van der Waals surface area contributed by atoms with E-state index in [9.17, 15) is 19.5 Å². The van der Waals surface area contributed by atoms with Crippen LogP contribution in [0.4, 0.5) is 5.69 Å². The fourth-order valence-corrected chi connectivity index (χ4v) is 6.03. The molecule has 0 aromatic heterocycles. The van der Waals surface area contributed by atoms with Crippen LogP contribution in [-0.4, -0.2) is 52.8 Å². The van der Waals surface area contributed by atoms with Gasteiger partial charge in [0.1, 0.15) is 6.04 Å². The Hall–Kier alpha value is -3.71. The standard InChI is InChI=1S/C31H38N4O5/c1-18-25-15-23(31(25,3)4)16-26(18)32-17-27(37)33-24-13-9-21(10-14-24)6-5-20-7-11-22(12-8-20)29(38)34-28(19(2)36)30(39)35-40/h7-14,18-19,23,25-26,28,32,36,40H,15-17H2,1-4H3,(H,33,37)(H,34,38)(H,35,39)/t18-,19+,23+,25-,26-,28-/m0/s1. The van der Waals surface area contributed by atoms with Crippen LogP contribution in [-0.2, 0) is 9.59 Å². The zero-order valence-corrected chi connectivity index (χ0v) is 23.3. The van der Waals surface area contributed by atoms with Gasteiger partial charge in [-0.2, -0.15) is 0 Å². The lowest BCUT2D eigenvalue weighted by molar-refractivity contribution is -0.133. The normalized spacial score (nSPS) is 23.9. The molecule has 6 atom stereocenters. The number of carbonyl (C=O) groups is 3. The molecule has 40 heavy (non-hydrogen) atoms. The number of aliphatic hydroxyl groups is 1. The first-order valence-corrected chi connectivity index (χ1v) is 13.7. The first-order chi connectivity index (χ1) is 19.0. The van der Waals surface area contributed by atoms with Gasteiger partial charge in [-0.05, 0) is 91.5 Å². The summed E-state index contributed by atoms with van der Waals surface area (Å²) in [5.74, 6) is 6.58. The van der Waals surface area contributed by atoms with E-state index in [0.717, 1.165) is 23.8 Å². The van der Waals surface area contributed by atoms with E-state index in [1.165, 1.54) is 18.8 Å². The number of amides is 3. The maximum atomic E-state index is 12.5. The lowest BCUT2D eigenvalue weighted by Crippen LogP contribution is -2.60. The van der Waals surface area contributed by atoms with Crippen LogP contribution in [0.15, 0.2) is 48.5 Å². The van der Waals surface area contributed by atoms with Gasteiger partial charge in [0, 0.05) is 28.4 Å². The van der Waals surface area contributed by atoms with Gasteiger partial charge < -0.3 is 21.1 Å². The Balaban J connectivity index is 1.26. The molecule has 2 aromatic rings. The molecule has 0 radical (unpaired) electrons. The van der Waals surface area contributed by atoms with Crippen LogP contribution >= 0.6 is 0 Å². The average molecular weight is 547 g/mol. The summed E-state index contributed by atoms with van der Waals surface area (Å²) in [6, 6.07) is 12.8. The topological polar surface area (TPSA) is 140 Å². The third-order valence-corrected chi connectivity index (χ3v) is 8.71. The number of rotatable bonds is 8. The van der Waals surface area contributed by atoms with Gasteiger partial charge in [-0.3, -0.25) is 19.6 Å². The molecule has 3 aliphatic rings. The van der Waals surface area contributed by atoms with E-state index in [1.54, 1.807) is 24.3 Å². The van der Waals surface area contributed by atoms with E-state index in [1.807, 2.05) is 24.3 Å². The summed E-state index contributed by atoms with van der Waals surface area (Å²) in [6.45, 7) is 8.67. The zero-order chi connectivity index (χ0) is 29.0. The van der Waals surface area contributed by atoms with Crippen molar-refractivity contribution in [3.8, 4) is 11.8 Å². The molecule has 9 nitrogen and oxygen atoms in total. The quantitative estimate of drug-likeness (QED) is 0.171. The molecule has 2 aromatic carbocycles. The lowest BCUT2D eigenvalue weighted by atomic mass is 9.45. The Morgan fingerprint density at radius 1 is 1.00 bits per heavy atom. The van der Waals surface area contributed by atoms with Crippen molar-refractivity contribution < 1.29 is 24.7 Å². The van der Waals surface area contributed by atoms with Crippen LogP contribution in [0.2, 0.25) is 0 Å². The second-order valence-electron chi connectivity index (χ2n) is 11.6. The molecule has 9 heteroatoms. The van der Waals surface area contributed by atoms with E-state index >= 15 is 0 Å². The summed E-state index contributed by atoms with van der Waals surface area (Å²) in [7, 11) is 0. The Labute approximate surface area is 235 Å². The highest BCUT2D eigenvalue weighted by atomic mass is 16.5. The SMILES string of the molecule is C[C@@H]1[C@@H](NCC(=O)Nc2ccc(C#Cc3ccc(C(=O)N[C@H](C(=O)NO)[C@@H](C)O)cc3)cc2)C[C@H]2C[C@@H]1C2(C)C. The fourth-order valence-electron chi connectivity index (χ4n) is 6.03. The summed E-state index contributed by atoms with van der Waals surface area (Å²) in [5.41, 5.74) is 4.28. The molecule has 3 amide bonds. The first-order valence-electron chi connectivity index (χ1n) is 13.7. The minimum Gasteiger partial charge on any atom is -0.391 e. The molecule has 2 bridgehead atoms. The molecular weight excluding hydrogens is 508 g/mol. The molecule has 3 fully saturated rings. The van der Waals surface area contributed by atoms with Gasteiger partial charge in [0.15, 0.2) is 0 Å². The molecule has 6 N–H and O–H groups in total. The van der Waals surface area contributed by atoms with Crippen molar-refractivity contribution in [1.29, 1.82) is 0 Å². The molecule has 5 rings (SSSR count). The van der Waals surface area contributed by atoms with Crippen molar-refractivity contribution >= 4 is 23.4 Å². The lowest BCUT2D eigenvalue weighted by Gasteiger charge is -2.62. The van der Waals surface area contributed by atoms with E-state index < -0.39 is 24.0 Å². The van der Waals surface area contributed by atoms with Crippen LogP contribution in [0.5, 0.6) is 0 Å². The fraction of sp³-hybridized carbons (Fsp3) is 0.452. The minimum atomic E-state index is -1.29. The third-order valence-electron chi connectivity index (χ3n) is 8.71. The summed E-state index contributed by atoms with van der Waals surface area (Å²) in [6.07, 6.45) is 1.25. The molecule has 0 aliphatic heterocycles. The molecule has 0 saturated heterocycles. The van der Waals surface area contributed by atoms with Crippen molar-refractivity contribution in [3.05, 3.63) is 65.2 Å². The number of carbonyl (C=O) groups excluding carboxylic acids is 3. The predicted octanol–water partition coefficient (Wildman–Crippen LogP) is 2.67. The number of benzene rings is 2. The smallest absolute Gasteiger partial charge is 0.268 e. The molecular formula is C31H38N4O5. The van der Waals surface area contributed by atoms with Crippen molar-refractivity contribution in [3.63, 3.8) is 0 Å². The monoisotopic (exact) mass is 546 g/mol. The van der Waals surface area contributed by atoms with Crippen molar-refractivity contribution in [2.45, 2.75) is 58.7 Å². The highest BCUT2D eigenvalue weighted by molar-refractivity contribution is 5.97. The van der Waals surface area contributed by atoms with Crippen LogP contribution in [0.1, 0.15) is 62.0 Å². The van der Waals surface area contributed by atoms with E-state index in [2.05, 4.69) is 48.6 Å². The second kappa shape index (κ2) is 12.2. The Morgan fingerprint density at radius 3 is 2.12 bits per heavy atom. The number of anilines is 1. The van der Waals surface area contributed by atoms with Crippen LogP contribution in [0.3, 0.4) is 0 Å². The summed E-state index contributed by atoms with van der Waals surface area (Å²) in [5, 5.41) is 27.2. The van der Waals surface area contributed by atoms with Gasteiger partial charge in [-0.25, -0.2) is 5.48 Å². The predicted molar refractivity (Wildman–Crippen MR) is 151 cm³/mol. The van der Waals surface area contributed by atoms with Gasteiger partial charge >= 0.3 is 0 Å². The number of hydrogen-bond donors (Lipinski definition) is 6. The second-order valence-corrected chi connectivity index (χ2v) is 11.6. The van der Waals surface area contributed by atoms with Gasteiger partial charge in [-0.15, -0.1) is 0 Å².